The number of carbonyl (C=O) groups is 1. The number of β-amino-alcohol motifs (C(OH)–C–C–N with tert-alkyl or cyclic N) is 1. The van der Waals surface area contributed by atoms with Gasteiger partial charge in [-0.1, -0.05) is 17.7 Å². The van der Waals surface area contributed by atoms with Gasteiger partial charge in [0, 0.05) is 28.9 Å². The van der Waals surface area contributed by atoms with Crippen LogP contribution in [0, 0.1) is 12.7 Å². The molecular weight excluding hydrogens is 397 g/mol. The second-order valence-corrected chi connectivity index (χ2v) is 8.07. The molecule has 7 heteroatoms. The number of furan rings is 1. The Kier molecular flexibility index (Phi) is 5.00. The molecule has 2 aromatic carbocycles. The largest absolute Gasteiger partial charge is 0.487 e. The molecule has 0 aliphatic carbocycles. The van der Waals surface area contributed by atoms with Crippen molar-refractivity contribution in [1.29, 1.82) is 0 Å². The fourth-order valence-corrected chi connectivity index (χ4v) is 3.94. The third-order valence-corrected chi connectivity index (χ3v) is 5.56. The van der Waals surface area contributed by atoms with Gasteiger partial charge < -0.3 is 19.2 Å². The third kappa shape index (κ3) is 3.82. The number of hydrogen-bond acceptors (Lipinski definition) is 4. The number of hydrogen-bond donors (Lipinski definition) is 1. The van der Waals surface area contributed by atoms with Crippen LogP contribution in [0.15, 0.2) is 46.9 Å². The summed E-state index contributed by atoms with van der Waals surface area (Å²) in [5.74, 6) is 0.0104. The van der Waals surface area contributed by atoms with E-state index in [0.29, 0.717) is 40.3 Å². The normalized spacial score (nSPS) is 22.1. The van der Waals surface area contributed by atoms with Crippen molar-refractivity contribution in [3.05, 3.63) is 64.6 Å². The highest BCUT2D eigenvalue weighted by molar-refractivity contribution is 6.30. The number of rotatable bonds is 3. The summed E-state index contributed by atoms with van der Waals surface area (Å²) in [4.78, 5) is 14.6. The van der Waals surface area contributed by atoms with Crippen molar-refractivity contribution in [3.8, 4) is 5.75 Å². The number of nitrogens with zero attached hydrogens (tertiary/aromatic N) is 1. The van der Waals surface area contributed by atoms with Crippen molar-refractivity contribution in [1.82, 2.24) is 4.90 Å². The van der Waals surface area contributed by atoms with Gasteiger partial charge in [0.1, 0.15) is 28.9 Å². The van der Waals surface area contributed by atoms with Gasteiger partial charge in [0.25, 0.3) is 5.91 Å². The first kappa shape index (κ1) is 19.7. The fraction of sp³-hybridized carbons (Fsp3) is 0.318. The predicted octanol–water partition coefficient (Wildman–Crippen LogP) is 4.58. The lowest BCUT2D eigenvalue weighted by atomic mass is 9.91. The SMILES string of the molecule is Cc1c(C(=O)N2CC[C@H](Oc3cccc(Cl)c3)[C@@](C)(O)C2)oc2ccc(F)cc12. The summed E-state index contributed by atoms with van der Waals surface area (Å²) in [5, 5.41) is 12.1. The van der Waals surface area contributed by atoms with Crippen molar-refractivity contribution in [3.63, 3.8) is 0 Å². The minimum Gasteiger partial charge on any atom is -0.487 e. The summed E-state index contributed by atoms with van der Waals surface area (Å²) in [6, 6.07) is 11.1. The van der Waals surface area contributed by atoms with Crippen LogP contribution in [0.2, 0.25) is 5.02 Å². The molecule has 2 atom stereocenters. The number of benzene rings is 2. The van der Waals surface area contributed by atoms with Gasteiger partial charge in [0.05, 0.1) is 6.54 Å². The quantitative estimate of drug-likeness (QED) is 0.677. The van der Waals surface area contributed by atoms with E-state index in [1.165, 1.54) is 18.2 Å². The highest BCUT2D eigenvalue weighted by atomic mass is 35.5. The van der Waals surface area contributed by atoms with E-state index in [9.17, 15) is 14.3 Å². The lowest BCUT2D eigenvalue weighted by Gasteiger charge is -2.42. The molecule has 3 aromatic rings. The topological polar surface area (TPSA) is 62.9 Å². The zero-order chi connectivity index (χ0) is 20.8. The third-order valence-electron chi connectivity index (χ3n) is 5.32. The monoisotopic (exact) mass is 417 g/mol. The molecule has 0 spiro atoms. The van der Waals surface area contributed by atoms with Crippen LogP contribution in [-0.4, -0.2) is 40.7 Å². The van der Waals surface area contributed by atoms with Crippen LogP contribution in [-0.2, 0) is 0 Å². The molecule has 1 aliphatic heterocycles. The van der Waals surface area contributed by atoms with Gasteiger partial charge in [-0.05, 0) is 50.2 Å². The van der Waals surface area contributed by atoms with Crippen molar-refractivity contribution in [2.75, 3.05) is 13.1 Å². The first-order chi connectivity index (χ1) is 13.7. The molecule has 1 saturated heterocycles. The van der Waals surface area contributed by atoms with E-state index in [1.807, 2.05) is 0 Å². The van der Waals surface area contributed by atoms with Crippen LogP contribution in [0.3, 0.4) is 0 Å². The standard InChI is InChI=1S/C22H21ClFNO4/c1-13-17-11-15(24)6-7-18(17)29-20(13)21(26)25-9-8-19(22(2,27)12-25)28-16-5-3-4-14(23)10-16/h3-7,10-11,19,27H,8-9,12H2,1-2H3/t19-,22-/m0/s1. The second kappa shape index (κ2) is 7.35. The average Bonchev–Trinajstić information content (AvgIpc) is 2.99. The first-order valence-corrected chi connectivity index (χ1v) is 9.75. The molecule has 1 aromatic heterocycles. The fourth-order valence-electron chi connectivity index (χ4n) is 3.76. The van der Waals surface area contributed by atoms with E-state index in [2.05, 4.69) is 0 Å². The summed E-state index contributed by atoms with van der Waals surface area (Å²) in [5.41, 5.74) is -0.220. The van der Waals surface area contributed by atoms with Crippen LogP contribution < -0.4 is 4.74 Å². The van der Waals surface area contributed by atoms with Crippen LogP contribution in [0.5, 0.6) is 5.75 Å². The zero-order valence-electron chi connectivity index (χ0n) is 16.1. The average molecular weight is 418 g/mol. The van der Waals surface area contributed by atoms with E-state index in [0.717, 1.165) is 0 Å². The molecule has 5 nitrogen and oxygen atoms in total. The Labute approximate surface area is 172 Å². The van der Waals surface area contributed by atoms with Gasteiger partial charge in [-0.25, -0.2) is 4.39 Å². The molecule has 2 heterocycles. The van der Waals surface area contributed by atoms with Crippen molar-refractivity contribution in [2.24, 2.45) is 0 Å². The Balaban J connectivity index is 1.53. The van der Waals surface area contributed by atoms with E-state index in [4.69, 9.17) is 20.8 Å². The highest BCUT2D eigenvalue weighted by Gasteiger charge is 2.42. The van der Waals surface area contributed by atoms with Gasteiger partial charge in [0.15, 0.2) is 5.76 Å². The summed E-state index contributed by atoms with van der Waals surface area (Å²) < 4.78 is 25.2. The van der Waals surface area contributed by atoms with E-state index in [-0.39, 0.29) is 24.0 Å². The molecule has 152 valence electrons. The zero-order valence-corrected chi connectivity index (χ0v) is 16.9. The molecular formula is C22H21ClFNO4. The molecule has 1 aliphatic rings. The maximum atomic E-state index is 13.5. The Bertz CT molecular complexity index is 1080. The Morgan fingerprint density at radius 1 is 1.34 bits per heavy atom. The number of amides is 1. The highest BCUT2D eigenvalue weighted by Crippen LogP contribution is 2.31. The lowest BCUT2D eigenvalue weighted by Crippen LogP contribution is -2.58. The summed E-state index contributed by atoms with van der Waals surface area (Å²) in [7, 11) is 0. The molecule has 0 unspecified atom stereocenters. The predicted molar refractivity (Wildman–Crippen MR) is 108 cm³/mol. The van der Waals surface area contributed by atoms with E-state index in [1.54, 1.807) is 43.0 Å². The number of fused-ring (bicyclic) bond motifs is 1. The summed E-state index contributed by atoms with van der Waals surface area (Å²) in [6.07, 6.45) is -0.0463. The molecule has 1 fully saturated rings. The molecule has 0 radical (unpaired) electrons. The van der Waals surface area contributed by atoms with E-state index < -0.39 is 11.7 Å². The van der Waals surface area contributed by atoms with Crippen LogP contribution in [0.1, 0.15) is 29.5 Å². The molecule has 0 saturated carbocycles. The number of carbonyl (C=O) groups excluding carboxylic acids is 1. The van der Waals surface area contributed by atoms with Crippen LogP contribution in [0.25, 0.3) is 11.0 Å². The Hall–Kier alpha value is -2.57. The number of aliphatic hydroxyl groups is 1. The second-order valence-electron chi connectivity index (χ2n) is 7.63. The molecule has 1 N–H and O–H groups in total. The first-order valence-electron chi connectivity index (χ1n) is 9.37. The maximum Gasteiger partial charge on any atom is 0.289 e. The summed E-state index contributed by atoms with van der Waals surface area (Å²) >= 11 is 5.99. The molecule has 1 amide bonds. The molecule has 29 heavy (non-hydrogen) atoms. The minimum atomic E-state index is -1.26. The van der Waals surface area contributed by atoms with Gasteiger partial charge in [0.2, 0.25) is 0 Å². The Morgan fingerprint density at radius 2 is 2.14 bits per heavy atom. The van der Waals surface area contributed by atoms with Gasteiger partial charge in [-0.2, -0.15) is 0 Å². The van der Waals surface area contributed by atoms with Crippen LogP contribution in [0.4, 0.5) is 4.39 Å². The van der Waals surface area contributed by atoms with Gasteiger partial charge >= 0.3 is 0 Å². The maximum absolute atomic E-state index is 13.5. The van der Waals surface area contributed by atoms with Crippen molar-refractivity contribution >= 4 is 28.5 Å². The minimum absolute atomic E-state index is 0.0852. The number of likely N-dealkylation sites (tertiary alicyclic amines) is 1. The summed E-state index contributed by atoms with van der Waals surface area (Å²) in [6.45, 7) is 3.85. The smallest absolute Gasteiger partial charge is 0.289 e. The van der Waals surface area contributed by atoms with Crippen molar-refractivity contribution < 1.29 is 23.4 Å². The molecule has 4 rings (SSSR count). The van der Waals surface area contributed by atoms with Gasteiger partial charge in [-0.3, -0.25) is 4.79 Å². The Morgan fingerprint density at radius 3 is 2.86 bits per heavy atom. The van der Waals surface area contributed by atoms with Crippen molar-refractivity contribution in [2.45, 2.75) is 32.0 Å². The van der Waals surface area contributed by atoms with Gasteiger partial charge in [-0.15, -0.1) is 0 Å². The number of halogens is 2. The number of aryl methyl sites for hydroxylation is 1. The lowest BCUT2D eigenvalue weighted by molar-refractivity contribution is -0.0902. The van der Waals surface area contributed by atoms with E-state index >= 15 is 0 Å². The van der Waals surface area contributed by atoms with Crippen LogP contribution >= 0.6 is 11.6 Å². The molecule has 0 bridgehead atoms. The number of piperidine rings is 1. The number of ether oxygens (including phenoxy) is 1.